The molecule has 2 aromatic carbocycles. The van der Waals surface area contributed by atoms with Crippen molar-refractivity contribution < 1.29 is 4.79 Å². The second-order valence-corrected chi connectivity index (χ2v) is 6.20. The largest absolute Gasteiger partial charge is 0.327 e. The van der Waals surface area contributed by atoms with E-state index in [1.165, 1.54) is 0 Å². The number of imidazole rings is 1. The molecule has 0 bridgehead atoms. The number of anilines is 1. The maximum atomic E-state index is 12.3. The molecular formula is C19H22Cl2N4O. The molecule has 7 heteroatoms. The van der Waals surface area contributed by atoms with Crippen molar-refractivity contribution in [3.8, 4) is 11.4 Å². The van der Waals surface area contributed by atoms with Gasteiger partial charge in [0.15, 0.2) is 0 Å². The van der Waals surface area contributed by atoms with Crippen LogP contribution in [0.1, 0.15) is 12.8 Å². The number of halogens is 2. The van der Waals surface area contributed by atoms with Crippen molar-refractivity contribution >= 4 is 47.4 Å². The lowest BCUT2D eigenvalue weighted by molar-refractivity contribution is -0.117. The molecule has 0 aliphatic carbocycles. The predicted molar refractivity (Wildman–Crippen MR) is 110 cm³/mol. The number of carbonyl (C=O) groups is 1. The molecule has 1 atom stereocenters. The molecule has 1 amide bonds. The number of benzene rings is 2. The van der Waals surface area contributed by atoms with Crippen LogP contribution in [0.4, 0.5) is 5.69 Å². The molecule has 5 nitrogen and oxygen atoms in total. The minimum absolute atomic E-state index is 0. The van der Waals surface area contributed by atoms with Gasteiger partial charge in [-0.2, -0.15) is 0 Å². The SMILES string of the molecule is Cl.Cl.Cn1c(-c2cccc(NC(=O)C3CCCN3)c2)nc2ccccc21. The van der Waals surface area contributed by atoms with Gasteiger partial charge in [0.05, 0.1) is 17.1 Å². The standard InChI is InChI=1S/C19H20N4O.2ClH/c1-23-17-10-3-2-8-15(17)22-18(23)13-6-4-7-14(12-13)21-19(24)16-9-5-11-20-16;;/h2-4,6-8,10,12,16,20H,5,9,11H2,1H3,(H,21,24);2*1H. The van der Waals surface area contributed by atoms with Crippen LogP contribution in [-0.2, 0) is 11.8 Å². The fourth-order valence-electron chi connectivity index (χ4n) is 3.28. The first kappa shape index (κ1) is 20.2. The summed E-state index contributed by atoms with van der Waals surface area (Å²) in [4.78, 5) is 17.0. The monoisotopic (exact) mass is 392 g/mol. The van der Waals surface area contributed by atoms with Gasteiger partial charge in [0.1, 0.15) is 5.82 Å². The van der Waals surface area contributed by atoms with E-state index in [1.54, 1.807) is 0 Å². The van der Waals surface area contributed by atoms with E-state index < -0.39 is 0 Å². The van der Waals surface area contributed by atoms with E-state index in [2.05, 4.69) is 21.3 Å². The molecule has 0 saturated carbocycles. The number of nitrogens with zero attached hydrogens (tertiary/aromatic N) is 2. The van der Waals surface area contributed by atoms with Gasteiger partial charge in [0, 0.05) is 18.3 Å². The molecule has 2 heterocycles. The summed E-state index contributed by atoms with van der Waals surface area (Å²) in [5.41, 5.74) is 3.86. The normalized spacial score (nSPS) is 16.0. The zero-order chi connectivity index (χ0) is 16.5. The highest BCUT2D eigenvalue weighted by atomic mass is 35.5. The molecule has 1 fully saturated rings. The summed E-state index contributed by atoms with van der Waals surface area (Å²) in [6, 6.07) is 15.9. The highest BCUT2D eigenvalue weighted by molar-refractivity contribution is 5.95. The van der Waals surface area contributed by atoms with Gasteiger partial charge in [0.2, 0.25) is 5.91 Å². The summed E-state index contributed by atoms with van der Waals surface area (Å²) >= 11 is 0. The Bertz CT molecular complexity index is 903. The van der Waals surface area contributed by atoms with E-state index in [1.807, 2.05) is 49.5 Å². The van der Waals surface area contributed by atoms with E-state index in [-0.39, 0.29) is 36.8 Å². The van der Waals surface area contributed by atoms with Crippen molar-refractivity contribution in [2.24, 2.45) is 7.05 Å². The smallest absolute Gasteiger partial charge is 0.241 e. The van der Waals surface area contributed by atoms with E-state index >= 15 is 0 Å². The quantitative estimate of drug-likeness (QED) is 0.712. The molecule has 3 aromatic rings. The molecule has 1 aliphatic heterocycles. The molecule has 2 N–H and O–H groups in total. The Morgan fingerprint density at radius 1 is 1.19 bits per heavy atom. The van der Waals surface area contributed by atoms with Gasteiger partial charge in [-0.1, -0.05) is 24.3 Å². The second-order valence-electron chi connectivity index (χ2n) is 6.20. The predicted octanol–water partition coefficient (Wildman–Crippen LogP) is 3.77. The summed E-state index contributed by atoms with van der Waals surface area (Å²) in [6.07, 6.45) is 1.95. The lowest BCUT2D eigenvalue weighted by Gasteiger charge is -2.12. The summed E-state index contributed by atoms with van der Waals surface area (Å²) in [6.45, 7) is 0.915. The Balaban J connectivity index is 0.00000121. The molecule has 26 heavy (non-hydrogen) atoms. The number of aryl methyl sites for hydroxylation is 1. The Morgan fingerprint density at radius 3 is 2.73 bits per heavy atom. The molecule has 1 aliphatic rings. The molecular weight excluding hydrogens is 371 g/mol. The van der Waals surface area contributed by atoms with Crippen molar-refractivity contribution in [1.29, 1.82) is 0 Å². The maximum Gasteiger partial charge on any atom is 0.241 e. The first-order valence-electron chi connectivity index (χ1n) is 8.28. The third-order valence-corrected chi connectivity index (χ3v) is 4.55. The average Bonchev–Trinajstić information content (AvgIpc) is 3.24. The Hall–Kier alpha value is -2.08. The lowest BCUT2D eigenvalue weighted by Crippen LogP contribution is -2.35. The molecule has 0 spiro atoms. The number of amides is 1. The number of para-hydroxylation sites is 2. The van der Waals surface area contributed by atoms with Crippen molar-refractivity contribution in [3.05, 3.63) is 48.5 Å². The minimum Gasteiger partial charge on any atom is -0.327 e. The highest BCUT2D eigenvalue weighted by Crippen LogP contribution is 2.25. The van der Waals surface area contributed by atoms with E-state index in [9.17, 15) is 4.79 Å². The van der Waals surface area contributed by atoms with Gasteiger partial charge in [-0.3, -0.25) is 4.79 Å². The van der Waals surface area contributed by atoms with Crippen LogP contribution in [-0.4, -0.2) is 28.0 Å². The third kappa shape index (κ3) is 3.85. The molecule has 4 rings (SSSR count). The van der Waals surface area contributed by atoms with Crippen LogP contribution in [0, 0.1) is 0 Å². The minimum atomic E-state index is -0.0793. The number of carbonyl (C=O) groups excluding carboxylic acids is 1. The van der Waals surface area contributed by atoms with Crippen molar-refractivity contribution in [2.45, 2.75) is 18.9 Å². The Labute approximate surface area is 165 Å². The van der Waals surface area contributed by atoms with Crippen LogP contribution in [0.3, 0.4) is 0 Å². The van der Waals surface area contributed by atoms with E-state index in [0.717, 1.165) is 47.5 Å². The maximum absolute atomic E-state index is 12.3. The summed E-state index contributed by atoms with van der Waals surface area (Å²) in [5, 5.41) is 6.23. The fourth-order valence-corrected chi connectivity index (χ4v) is 3.28. The zero-order valence-electron chi connectivity index (χ0n) is 14.4. The molecule has 0 radical (unpaired) electrons. The lowest BCUT2D eigenvalue weighted by atomic mass is 10.1. The van der Waals surface area contributed by atoms with Crippen LogP contribution >= 0.6 is 24.8 Å². The first-order valence-corrected chi connectivity index (χ1v) is 8.28. The van der Waals surface area contributed by atoms with Gasteiger partial charge in [-0.15, -0.1) is 24.8 Å². The first-order chi connectivity index (χ1) is 11.7. The van der Waals surface area contributed by atoms with Crippen molar-refractivity contribution in [1.82, 2.24) is 14.9 Å². The summed E-state index contributed by atoms with van der Waals surface area (Å²) < 4.78 is 2.08. The van der Waals surface area contributed by atoms with E-state index in [4.69, 9.17) is 4.98 Å². The van der Waals surface area contributed by atoms with Crippen LogP contribution in [0.15, 0.2) is 48.5 Å². The number of hydrogen-bond acceptors (Lipinski definition) is 3. The number of hydrogen-bond donors (Lipinski definition) is 2. The Kier molecular flexibility index (Phi) is 6.64. The number of aromatic nitrogens is 2. The van der Waals surface area contributed by atoms with Crippen molar-refractivity contribution in [2.75, 3.05) is 11.9 Å². The van der Waals surface area contributed by atoms with Gasteiger partial charge >= 0.3 is 0 Å². The van der Waals surface area contributed by atoms with Crippen molar-refractivity contribution in [3.63, 3.8) is 0 Å². The van der Waals surface area contributed by atoms with Gasteiger partial charge in [0.25, 0.3) is 0 Å². The fraction of sp³-hybridized carbons (Fsp3) is 0.263. The molecule has 1 unspecified atom stereocenters. The summed E-state index contributed by atoms with van der Waals surface area (Å²) in [7, 11) is 2.01. The van der Waals surface area contributed by atoms with Gasteiger partial charge in [-0.05, 0) is 43.7 Å². The van der Waals surface area contributed by atoms with Crippen LogP contribution in [0.2, 0.25) is 0 Å². The van der Waals surface area contributed by atoms with Gasteiger partial charge in [-0.25, -0.2) is 4.98 Å². The zero-order valence-corrected chi connectivity index (χ0v) is 16.1. The van der Waals surface area contributed by atoms with E-state index in [0.29, 0.717) is 0 Å². The summed E-state index contributed by atoms with van der Waals surface area (Å²) in [5.74, 6) is 0.931. The van der Waals surface area contributed by atoms with Gasteiger partial charge < -0.3 is 15.2 Å². The number of nitrogens with one attached hydrogen (secondary N) is 2. The Morgan fingerprint density at radius 2 is 2.00 bits per heavy atom. The number of fused-ring (bicyclic) bond motifs is 1. The average molecular weight is 393 g/mol. The molecule has 1 saturated heterocycles. The highest BCUT2D eigenvalue weighted by Gasteiger charge is 2.22. The third-order valence-electron chi connectivity index (χ3n) is 4.55. The van der Waals surface area contributed by atoms with Crippen LogP contribution < -0.4 is 10.6 Å². The molecule has 1 aromatic heterocycles. The second kappa shape index (κ2) is 8.54. The van der Waals surface area contributed by atoms with Crippen LogP contribution in [0.25, 0.3) is 22.4 Å². The van der Waals surface area contributed by atoms with Crippen LogP contribution in [0.5, 0.6) is 0 Å². The topological polar surface area (TPSA) is 59.0 Å². The number of rotatable bonds is 3. The molecule has 138 valence electrons.